The highest BCUT2D eigenvalue weighted by molar-refractivity contribution is 6.30. The zero-order valence-corrected chi connectivity index (χ0v) is 18.5. The number of ether oxygens (including phenoxy) is 1. The molecule has 3 aliphatic carbocycles. The van der Waals surface area contributed by atoms with Crippen LogP contribution >= 0.6 is 11.6 Å². The minimum Gasteiger partial charge on any atom is -0.390 e. The van der Waals surface area contributed by atoms with Crippen molar-refractivity contribution in [1.82, 2.24) is 0 Å². The molecule has 0 aliphatic heterocycles. The molecule has 3 N–H and O–H groups in total. The Kier molecular flexibility index (Phi) is 5.63. The topological polar surface area (TPSA) is 72.5 Å². The van der Waals surface area contributed by atoms with Crippen molar-refractivity contribution in [1.29, 1.82) is 0 Å². The standard InChI is InChI=1S/C23H29ClF3NO3/c1-12(2)31-16-10-23(20(28)30,9-15(16)29)19(17-14(25)4-3-13(24)18(17)26)21-5-7-22(27,11-21)8-6-21/h3-4,12,15-16,19,29H,5-11H2,1-2H3,(H2,28,30)/t15?,16?,19-,21?,22?,23?/m0/s1. The average molecular weight is 460 g/mol. The van der Waals surface area contributed by atoms with Gasteiger partial charge in [-0.3, -0.25) is 4.79 Å². The van der Waals surface area contributed by atoms with Crippen molar-refractivity contribution in [3.05, 3.63) is 34.4 Å². The molecular formula is C23H29ClF3NO3. The Morgan fingerprint density at radius 3 is 2.39 bits per heavy atom. The number of carbonyl (C=O) groups excluding carboxylic acids is 1. The summed E-state index contributed by atoms with van der Waals surface area (Å²) in [5, 5.41) is 10.5. The second-order valence-corrected chi connectivity index (χ2v) is 10.5. The number of aliphatic hydroxyl groups is 1. The zero-order chi connectivity index (χ0) is 22.8. The minimum absolute atomic E-state index is 0.0127. The maximum atomic E-state index is 15.4. The van der Waals surface area contributed by atoms with E-state index in [0.29, 0.717) is 12.8 Å². The fourth-order valence-electron chi connectivity index (χ4n) is 6.70. The van der Waals surface area contributed by atoms with Crippen LogP contribution in [-0.4, -0.2) is 35.0 Å². The van der Waals surface area contributed by atoms with E-state index in [1.807, 2.05) is 0 Å². The van der Waals surface area contributed by atoms with Crippen LogP contribution in [0, 0.1) is 22.5 Å². The molecule has 0 radical (unpaired) electrons. The van der Waals surface area contributed by atoms with Crippen LogP contribution in [0.3, 0.4) is 0 Å². The van der Waals surface area contributed by atoms with Crippen LogP contribution in [0.15, 0.2) is 12.1 Å². The molecule has 0 heterocycles. The second kappa shape index (κ2) is 7.63. The molecule has 2 bridgehead atoms. The number of benzene rings is 1. The van der Waals surface area contributed by atoms with Gasteiger partial charge >= 0.3 is 0 Å². The summed E-state index contributed by atoms with van der Waals surface area (Å²) < 4.78 is 51.6. The first-order chi connectivity index (χ1) is 14.4. The van der Waals surface area contributed by atoms with Crippen molar-refractivity contribution in [2.24, 2.45) is 16.6 Å². The number of aliphatic hydroxyl groups excluding tert-OH is 1. The number of nitrogens with two attached hydrogens (primary N) is 1. The average Bonchev–Trinajstić information content (AvgIpc) is 3.31. The molecule has 4 atom stereocenters. The van der Waals surface area contributed by atoms with E-state index in [-0.39, 0.29) is 48.8 Å². The molecule has 1 amide bonds. The van der Waals surface area contributed by atoms with E-state index in [2.05, 4.69) is 0 Å². The van der Waals surface area contributed by atoms with Gasteiger partial charge in [0, 0.05) is 11.5 Å². The molecule has 0 aromatic heterocycles. The van der Waals surface area contributed by atoms with Crippen molar-refractivity contribution < 1.29 is 27.8 Å². The maximum Gasteiger partial charge on any atom is 0.224 e. The first kappa shape index (κ1) is 22.9. The third-order valence-corrected chi connectivity index (χ3v) is 8.14. The van der Waals surface area contributed by atoms with E-state index in [4.69, 9.17) is 22.1 Å². The van der Waals surface area contributed by atoms with Crippen LogP contribution in [0.2, 0.25) is 5.02 Å². The van der Waals surface area contributed by atoms with E-state index in [1.54, 1.807) is 13.8 Å². The smallest absolute Gasteiger partial charge is 0.224 e. The normalized spacial score (nSPS) is 38.2. The quantitative estimate of drug-likeness (QED) is 0.600. The van der Waals surface area contributed by atoms with Gasteiger partial charge in [-0.15, -0.1) is 0 Å². The van der Waals surface area contributed by atoms with Crippen LogP contribution < -0.4 is 5.73 Å². The molecule has 1 aromatic carbocycles. The number of halogens is 4. The van der Waals surface area contributed by atoms with Gasteiger partial charge in [0.15, 0.2) is 0 Å². The highest BCUT2D eigenvalue weighted by Gasteiger charge is 2.67. The van der Waals surface area contributed by atoms with Gasteiger partial charge in [0.05, 0.1) is 28.7 Å². The number of carbonyl (C=O) groups is 1. The van der Waals surface area contributed by atoms with E-state index in [0.717, 1.165) is 12.1 Å². The Bertz CT molecular complexity index is 887. The fourth-order valence-corrected chi connectivity index (χ4v) is 6.86. The van der Waals surface area contributed by atoms with Gasteiger partial charge in [-0.2, -0.15) is 0 Å². The van der Waals surface area contributed by atoms with Gasteiger partial charge in [-0.25, -0.2) is 13.2 Å². The molecule has 1 aromatic rings. The summed E-state index contributed by atoms with van der Waals surface area (Å²) in [7, 11) is 0. The van der Waals surface area contributed by atoms with Crippen LogP contribution in [-0.2, 0) is 9.53 Å². The number of hydrogen-bond donors (Lipinski definition) is 2. The molecule has 0 saturated heterocycles. The Balaban J connectivity index is 1.91. The summed E-state index contributed by atoms with van der Waals surface area (Å²) in [6.07, 6.45) is -0.622. The molecule has 31 heavy (non-hydrogen) atoms. The Morgan fingerprint density at radius 2 is 1.87 bits per heavy atom. The minimum atomic E-state index is -1.49. The molecular weight excluding hydrogens is 431 g/mol. The summed E-state index contributed by atoms with van der Waals surface area (Å²) in [5.41, 5.74) is 1.85. The Hall–Kier alpha value is -1.31. The Morgan fingerprint density at radius 1 is 1.23 bits per heavy atom. The van der Waals surface area contributed by atoms with Crippen LogP contribution in [0.4, 0.5) is 13.2 Å². The monoisotopic (exact) mass is 459 g/mol. The lowest BCUT2D eigenvalue weighted by Crippen LogP contribution is -2.47. The largest absolute Gasteiger partial charge is 0.390 e. The predicted molar refractivity (Wildman–Crippen MR) is 110 cm³/mol. The number of primary amides is 1. The Labute approximate surface area is 185 Å². The van der Waals surface area contributed by atoms with Crippen molar-refractivity contribution in [3.63, 3.8) is 0 Å². The molecule has 3 unspecified atom stereocenters. The van der Waals surface area contributed by atoms with E-state index >= 15 is 13.2 Å². The van der Waals surface area contributed by atoms with E-state index in [9.17, 15) is 9.90 Å². The zero-order valence-electron chi connectivity index (χ0n) is 17.8. The number of alkyl halides is 1. The summed E-state index contributed by atoms with van der Waals surface area (Å²) in [4.78, 5) is 13.0. The molecule has 4 nitrogen and oxygen atoms in total. The summed E-state index contributed by atoms with van der Waals surface area (Å²) in [5.74, 6) is -3.60. The first-order valence-electron chi connectivity index (χ1n) is 10.9. The molecule has 8 heteroatoms. The van der Waals surface area contributed by atoms with Gasteiger partial charge < -0.3 is 15.6 Å². The van der Waals surface area contributed by atoms with E-state index in [1.165, 1.54) is 0 Å². The second-order valence-electron chi connectivity index (χ2n) is 10.1. The summed E-state index contributed by atoms with van der Waals surface area (Å²) in [6, 6.07) is 2.19. The molecule has 3 aliphatic rings. The van der Waals surface area contributed by atoms with E-state index < -0.39 is 52.2 Å². The highest BCUT2D eigenvalue weighted by Crippen LogP contribution is 2.70. The number of rotatable bonds is 6. The first-order valence-corrected chi connectivity index (χ1v) is 11.3. The van der Waals surface area contributed by atoms with Gasteiger partial charge in [0.1, 0.15) is 17.3 Å². The predicted octanol–water partition coefficient (Wildman–Crippen LogP) is 4.79. The third-order valence-electron chi connectivity index (χ3n) is 7.85. The molecule has 0 spiro atoms. The van der Waals surface area contributed by atoms with Crippen molar-refractivity contribution in [2.75, 3.05) is 0 Å². The maximum absolute atomic E-state index is 15.4. The SMILES string of the molecule is CC(C)OC1CC(C(N)=O)([C@@H](c2c(F)ccc(Cl)c2F)C23CCC(F)(CC2)C3)CC1O. The highest BCUT2D eigenvalue weighted by atomic mass is 35.5. The van der Waals surface area contributed by atoms with Crippen molar-refractivity contribution in [3.8, 4) is 0 Å². The third kappa shape index (κ3) is 3.57. The summed E-state index contributed by atoms with van der Waals surface area (Å²) in [6.45, 7) is 3.60. The van der Waals surface area contributed by atoms with Crippen LogP contribution in [0.25, 0.3) is 0 Å². The van der Waals surface area contributed by atoms with Crippen LogP contribution in [0.1, 0.15) is 70.3 Å². The number of fused-ring (bicyclic) bond motifs is 2. The van der Waals surface area contributed by atoms with Crippen molar-refractivity contribution in [2.45, 2.75) is 88.7 Å². The van der Waals surface area contributed by atoms with Gasteiger partial charge in [0.25, 0.3) is 0 Å². The molecule has 172 valence electrons. The molecule has 4 rings (SSSR count). The number of amides is 1. The lowest BCUT2D eigenvalue weighted by atomic mass is 9.56. The molecule has 3 fully saturated rings. The van der Waals surface area contributed by atoms with Gasteiger partial charge in [0.2, 0.25) is 5.91 Å². The van der Waals surface area contributed by atoms with Crippen molar-refractivity contribution >= 4 is 17.5 Å². The van der Waals surface area contributed by atoms with Gasteiger partial charge in [-0.1, -0.05) is 11.6 Å². The molecule has 3 saturated carbocycles. The lowest BCUT2D eigenvalue weighted by molar-refractivity contribution is -0.132. The van der Waals surface area contributed by atoms with Crippen LogP contribution in [0.5, 0.6) is 0 Å². The number of hydrogen-bond acceptors (Lipinski definition) is 3. The lowest BCUT2D eigenvalue weighted by Gasteiger charge is -2.46. The summed E-state index contributed by atoms with van der Waals surface area (Å²) >= 11 is 6.01. The van der Waals surface area contributed by atoms with Gasteiger partial charge in [-0.05, 0) is 76.3 Å². The fraction of sp³-hybridized carbons (Fsp3) is 0.696.